The zero-order valence-electron chi connectivity index (χ0n) is 14.0. The molecule has 0 spiro atoms. The molecule has 2 rings (SSSR count). The number of anilines is 1. The quantitative estimate of drug-likeness (QED) is 0.712. The van der Waals surface area contributed by atoms with E-state index in [0.29, 0.717) is 11.0 Å². The predicted octanol–water partition coefficient (Wildman–Crippen LogP) is 2.17. The molecule has 1 aromatic carbocycles. The summed E-state index contributed by atoms with van der Waals surface area (Å²) in [5.74, 6) is -0.859. The molecule has 6 nitrogen and oxygen atoms in total. The van der Waals surface area contributed by atoms with Gasteiger partial charge in [-0.2, -0.15) is 31.6 Å². The van der Waals surface area contributed by atoms with E-state index in [0.717, 1.165) is 12.1 Å². The highest BCUT2D eigenvalue weighted by molar-refractivity contribution is 5.85. The molecule has 28 heavy (non-hydrogen) atoms. The lowest BCUT2D eigenvalue weighted by atomic mass is 10.1. The van der Waals surface area contributed by atoms with Gasteiger partial charge >= 0.3 is 12.4 Å². The maximum absolute atomic E-state index is 13.3. The van der Waals surface area contributed by atoms with Crippen LogP contribution in [0.25, 0.3) is 0 Å². The number of nitrogens with two attached hydrogens (primary N) is 1. The predicted molar refractivity (Wildman–Crippen MR) is 87.5 cm³/mol. The van der Waals surface area contributed by atoms with Gasteiger partial charge in [0.15, 0.2) is 6.10 Å². The van der Waals surface area contributed by atoms with Crippen LogP contribution in [0.1, 0.15) is 11.1 Å². The van der Waals surface area contributed by atoms with Crippen LogP contribution in [0.4, 0.5) is 32.0 Å². The molecular weight excluding hydrogens is 418 g/mol. The Labute approximate surface area is 161 Å². The first kappa shape index (κ1) is 23.8. The monoisotopic (exact) mass is 432 g/mol. The molecule has 3 N–H and O–H groups in total. The minimum Gasteiger partial charge on any atom is -0.353 e. The summed E-state index contributed by atoms with van der Waals surface area (Å²) in [6.07, 6.45) is -14.1. The van der Waals surface area contributed by atoms with Crippen molar-refractivity contribution < 1.29 is 35.9 Å². The number of nitrogens with one attached hydrogen (secondary N) is 1. The second kappa shape index (κ2) is 8.85. The van der Waals surface area contributed by atoms with E-state index in [1.807, 2.05) is 0 Å². The Balaban J connectivity index is 0.00000392. The van der Waals surface area contributed by atoms with Gasteiger partial charge in [-0.05, 0) is 18.2 Å². The second-order valence-corrected chi connectivity index (χ2v) is 5.59. The molecule has 2 atom stereocenters. The van der Waals surface area contributed by atoms with Crippen LogP contribution in [-0.2, 0) is 15.7 Å². The highest BCUT2D eigenvalue weighted by Gasteiger charge is 2.52. The summed E-state index contributed by atoms with van der Waals surface area (Å²) in [4.78, 5) is 12.4. The van der Waals surface area contributed by atoms with Gasteiger partial charge in [0, 0.05) is 18.8 Å². The van der Waals surface area contributed by atoms with E-state index in [2.05, 4.69) is 5.32 Å². The topological polar surface area (TPSA) is 91.4 Å². The summed E-state index contributed by atoms with van der Waals surface area (Å²) in [6.45, 7) is -0.566. The van der Waals surface area contributed by atoms with Crippen molar-refractivity contribution in [3.05, 3.63) is 29.3 Å². The van der Waals surface area contributed by atoms with E-state index < -0.39 is 54.0 Å². The van der Waals surface area contributed by atoms with E-state index in [1.54, 1.807) is 0 Å². The number of benzene rings is 1. The van der Waals surface area contributed by atoms with Crippen LogP contribution in [0.3, 0.4) is 0 Å². The molecule has 13 heteroatoms. The molecule has 1 heterocycles. The van der Waals surface area contributed by atoms with Crippen LogP contribution in [0.15, 0.2) is 18.2 Å². The standard InChI is InChI=1S/C15H14F6N4O2.ClH/c16-14(17,18)10-5-9(2-1-8(10)6-23)25-7-11(12(26)24-4-3-22)27-13(25)15(19,20)21;/h1-2,5,11,13H,3-4,7,22H2,(H,24,26);1H/t11-,13+;/m0./s1. The Kier molecular flexibility index (Phi) is 7.52. The van der Waals surface area contributed by atoms with Crippen LogP contribution in [0, 0.1) is 11.3 Å². The van der Waals surface area contributed by atoms with Crippen molar-refractivity contribution in [3.63, 3.8) is 0 Å². The Morgan fingerprint density at radius 2 is 1.96 bits per heavy atom. The van der Waals surface area contributed by atoms with Gasteiger partial charge in [0.1, 0.15) is 0 Å². The van der Waals surface area contributed by atoms with Crippen molar-refractivity contribution >= 4 is 24.0 Å². The molecule has 0 unspecified atom stereocenters. The number of hydrogen-bond donors (Lipinski definition) is 2. The molecule has 1 aromatic rings. The van der Waals surface area contributed by atoms with Crippen molar-refractivity contribution in [3.8, 4) is 6.07 Å². The average Bonchev–Trinajstić information content (AvgIpc) is 3.04. The molecular formula is C15H15ClF6N4O2. The number of hydrogen-bond acceptors (Lipinski definition) is 5. The summed E-state index contributed by atoms with van der Waals surface area (Å²) in [5.41, 5.74) is 2.62. The average molecular weight is 433 g/mol. The molecule has 0 bridgehead atoms. The molecule has 1 aliphatic rings. The number of carbonyl (C=O) groups excluding carboxylic acids is 1. The Hall–Kier alpha value is -2.23. The van der Waals surface area contributed by atoms with Gasteiger partial charge in [0.05, 0.1) is 23.7 Å². The number of ether oxygens (including phenoxy) is 1. The fourth-order valence-electron chi connectivity index (χ4n) is 2.54. The largest absolute Gasteiger partial charge is 0.433 e. The van der Waals surface area contributed by atoms with Crippen molar-refractivity contribution in [2.75, 3.05) is 24.5 Å². The lowest BCUT2D eigenvalue weighted by Gasteiger charge is -2.27. The van der Waals surface area contributed by atoms with Crippen LogP contribution in [0.2, 0.25) is 0 Å². The normalized spacial score (nSPS) is 19.7. The van der Waals surface area contributed by atoms with Crippen molar-refractivity contribution in [2.24, 2.45) is 5.73 Å². The Morgan fingerprint density at radius 3 is 2.46 bits per heavy atom. The summed E-state index contributed by atoms with van der Waals surface area (Å²) in [5, 5.41) is 11.1. The van der Waals surface area contributed by atoms with Crippen LogP contribution >= 0.6 is 12.4 Å². The minimum atomic E-state index is -4.96. The molecule has 0 aliphatic carbocycles. The first-order valence-corrected chi connectivity index (χ1v) is 7.57. The number of carbonyl (C=O) groups is 1. The van der Waals surface area contributed by atoms with E-state index in [9.17, 15) is 31.1 Å². The summed E-state index contributed by atoms with van der Waals surface area (Å²) in [6, 6.07) is 3.49. The number of alkyl halides is 6. The maximum atomic E-state index is 13.3. The molecule has 1 fully saturated rings. The fourth-order valence-corrected chi connectivity index (χ4v) is 2.54. The van der Waals surface area contributed by atoms with Gasteiger partial charge in [0.25, 0.3) is 5.91 Å². The van der Waals surface area contributed by atoms with Gasteiger partial charge in [-0.3, -0.25) is 4.79 Å². The van der Waals surface area contributed by atoms with Gasteiger partial charge in [-0.1, -0.05) is 0 Å². The third-order valence-electron chi connectivity index (χ3n) is 3.72. The number of nitrogens with zero attached hydrogens (tertiary/aromatic N) is 2. The molecule has 1 aliphatic heterocycles. The highest BCUT2D eigenvalue weighted by atomic mass is 35.5. The minimum absolute atomic E-state index is 0. The third-order valence-corrected chi connectivity index (χ3v) is 3.72. The molecule has 156 valence electrons. The van der Waals surface area contributed by atoms with Crippen LogP contribution < -0.4 is 16.0 Å². The maximum Gasteiger partial charge on any atom is 0.433 e. The molecule has 0 aromatic heterocycles. The van der Waals surface area contributed by atoms with Gasteiger partial charge < -0.3 is 20.7 Å². The molecule has 1 saturated heterocycles. The Bertz CT molecular complexity index is 750. The molecule has 0 saturated carbocycles. The van der Waals surface area contributed by atoms with E-state index in [4.69, 9.17) is 15.7 Å². The lowest BCUT2D eigenvalue weighted by Crippen LogP contribution is -2.42. The van der Waals surface area contributed by atoms with Crippen LogP contribution in [-0.4, -0.2) is 44.0 Å². The van der Waals surface area contributed by atoms with E-state index in [1.165, 1.54) is 6.07 Å². The van der Waals surface area contributed by atoms with Crippen molar-refractivity contribution in [1.82, 2.24) is 5.32 Å². The van der Waals surface area contributed by atoms with Gasteiger partial charge in [-0.15, -0.1) is 12.4 Å². The lowest BCUT2D eigenvalue weighted by molar-refractivity contribution is -0.213. The van der Waals surface area contributed by atoms with Gasteiger partial charge in [0.2, 0.25) is 6.23 Å². The first-order chi connectivity index (χ1) is 12.5. The number of amides is 1. The zero-order chi connectivity index (χ0) is 20.4. The second-order valence-electron chi connectivity index (χ2n) is 5.59. The molecule has 0 radical (unpaired) electrons. The summed E-state index contributed by atoms with van der Waals surface area (Å²) in [7, 11) is 0. The van der Waals surface area contributed by atoms with Gasteiger partial charge in [-0.25, -0.2) is 0 Å². The summed E-state index contributed by atoms with van der Waals surface area (Å²) >= 11 is 0. The number of nitriles is 1. The first-order valence-electron chi connectivity index (χ1n) is 7.57. The third kappa shape index (κ3) is 5.18. The zero-order valence-corrected chi connectivity index (χ0v) is 14.8. The Morgan fingerprint density at radius 1 is 1.32 bits per heavy atom. The SMILES string of the molecule is Cl.N#Cc1ccc(N2C[C@@H](C(=O)NCCN)O[C@@H]2C(F)(F)F)cc1C(F)(F)F. The van der Waals surface area contributed by atoms with E-state index in [-0.39, 0.29) is 25.5 Å². The van der Waals surface area contributed by atoms with Crippen molar-refractivity contribution in [1.29, 1.82) is 5.26 Å². The smallest absolute Gasteiger partial charge is 0.353 e. The number of rotatable bonds is 4. The van der Waals surface area contributed by atoms with Crippen LogP contribution in [0.5, 0.6) is 0 Å². The van der Waals surface area contributed by atoms with Crippen molar-refractivity contribution in [2.45, 2.75) is 24.7 Å². The van der Waals surface area contributed by atoms with E-state index >= 15 is 0 Å². The molecule has 1 amide bonds. The fraction of sp³-hybridized carbons (Fsp3) is 0.467. The summed E-state index contributed by atoms with van der Waals surface area (Å²) < 4.78 is 83.8. The number of halogens is 7. The highest BCUT2D eigenvalue weighted by Crippen LogP contribution is 2.39.